The Morgan fingerprint density at radius 2 is 2.00 bits per heavy atom. The minimum atomic E-state index is 0.175. The van der Waals surface area contributed by atoms with E-state index in [-0.39, 0.29) is 6.61 Å². The van der Waals surface area contributed by atoms with Crippen molar-refractivity contribution in [1.29, 1.82) is 0 Å². The molecule has 0 radical (unpaired) electrons. The molecule has 0 unspecified atom stereocenters. The molecule has 17 heavy (non-hydrogen) atoms. The van der Waals surface area contributed by atoms with Gasteiger partial charge >= 0.3 is 0 Å². The Morgan fingerprint density at radius 3 is 2.65 bits per heavy atom. The van der Waals surface area contributed by atoms with Crippen LogP contribution in [0.2, 0.25) is 5.02 Å². The molecular weight excluding hydrogens is 240 g/mol. The predicted octanol–water partition coefficient (Wildman–Crippen LogP) is 1.02. The van der Waals surface area contributed by atoms with Gasteiger partial charge in [-0.05, 0) is 17.7 Å². The fraction of sp³-hybridized carbons (Fsp3) is 0.500. The lowest BCUT2D eigenvalue weighted by Gasteiger charge is -2.08. The molecule has 0 saturated heterocycles. The van der Waals surface area contributed by atoms with E-state index in [2.05, 4.69) is 10.6 Å². The number of hydrogen-bond donors (Lipinski definition) is 3. The number of aliphatic hydroxyl groups excluding tert-OH is 1. The van der Waals surface area contributed by atoms with Crippen LogP contribution in [-0.4, -0.2) is 38.5 Å². The van der Waals surface area contributed by atoms with Crippen molar-refractivity contribution in [2.24, 2.45) is 0 Å². The molecule has 0 amide bonds. The summed E-state index contributed by atoms with van der Waals surface area (Å²) in [5, 5.41) is 15.6. The SMILES string of the molecule is COc1ccc(CNCCNCCO)cc1Cl. The smallest absolute Gasteiger partial charge is 0.137 e. The molecule has 1 rings (SSSR count). The molecule has 0 aliphatic rings. The van der Waals surface area contributed by atoms with Gasteiger partial charge in [-0.3, -0.25) is 0 Å². The van der Waals surface area contributed by atoms with Crippen LogP contribution in [0.5, 0.6) is 5.75 Å². The minimum Gasteiger partial charge on any atom is -0.495 e. The Hall–Kier alpha value is -0.810. The van der Waals surface area contributed by atoms with Gasteiger partial charge in [0.1, 0.15) is 5.75 Å². The van der Waals surface area contributed by atoms with Gasteiger partial charge in [0, 0.05) is 26.2 Å². The fourth-order valence-corrected chi connectivity index (χ4v) is 1.71. The van der Waals surface area contributed by atoms with Gasteiger partial charge in [-0.2, -0.15) is 0 Å². The lowest BCUT2D eigenvalue weighted by Crippen LogP contribution is -2.28. The van der Waals surface area contributed by atoms with Gasteiger partial charge in [-0.25, -0.2) is 0 Å². The number of hydrogen-bond acceptors (Lipinski definition) is 4. The maximum atomic E-state index is 8.57. The normalized spacial score (nSPS) is 10.5. The lowest BCUT2D eigenvalue weighted by molar-refractivity contribution is 0.292. The Morgan fingerprint density at radius 1 is 1.24 bits per heavy atom. The Kier molecular flexibility index (Phi) is 6.96. The van der Waals surface area contributed by atoms with Crippen molar-refractivity contribution >= 4 is 11.6 Å². The third-order valence-corrected chi connectivity index (χ3v) is 2.61. The van der Waals surface area contributed by atoms with E-state index in [1.807, 2.05) is 18.2 Å². The van der Waals surface area contributed by atoms with E-state index in [4.69, 9.17) is 21.4 Å². The number of ether oxygens (including phenoxy) is 1. The monoisotopic (exact) mass is 258 g/mol. The van der Waals surface area contributed by atoms with Crippen molar-refractivity contribution in [2.75, 3.05) is 33.4 Å². The zero-order chi connectivity index (χ0) is 12.5. The first-order chi connectivity index (χ1) is 8.27. The molecule has 0 atom stereocenters. The molecule has 0 aliphatic carbocycles. The van der Waals surface area contributed by atoms with Crippen molar-refractivity contribution < 1.29 is 9.84 Å². The standard InChI is InChI=1S/C12H19ClN2O2/c1-17-12-3-2-10(8-11(12)13)9-15-5-4-14-6-7-16/h2-3,8,14-16H,4-7,9H2,1H3. The van der Waals surface area contributed by atoms with E-state index in [0.717, 1.165) is 25.2 Å². The number of benzene rings is 1. The third kappa shape index (κ3) is 5.37. The predicted molar refractivity (Wildman–Crippen MR) is 69.7 cm³/mol. The van der Waals surface area contributed by atoms with E-state index >= 15 is 0 Å². The second-order valence-electron chi connectivity index (χ2n) is 3.62. The van der Waals surface area contributed by atoms with E-state index in [1.165, 1.54) is 0 Å². The highest BCUT2D eigenvalue weighted by atomic mass is 35.5. The summed E-state index contributed by atoms with van der Waals surface area (Å²) in [6.07, 6.45) is 0. The molecule has 0 saturated carbocycles. The molecule has 0 fully saturated rings. The summed E-state index contributed by atoms with van der Waals surface area (Å²) in [6, 6.07) is 5.75. The van der Waals surface area contributed by atoms with Gasteiger partial charge in [0.15, 0.2) is 0 Å². The van der Waals surface area contributed by atoms with Gasteiger partial charge in [-0.1, -0.05) is 17.7 Å². The van der Waals surface area contributed by atoms with Crippen LogP contribution in [0.25, 0.3) is 0 Å². The van der Waals surface area contributed by atoms with Crippen molar-refractivity contribution in [3.8, 4) is 5.75 Å². The summed E-state index contributed by atoms with van der Waals surface area (Å²) in [5.41, 5.74) is 1.12. The number of rotatable bonds is 8. The second kappa shape index (κ2) is 8.31. The van der Waals surface area contributed by atoms with E-state index in [1.54, 1.807) is 7.11 Å². The molecule has 0 heterocycles. The number of nitrogens with one attached hydrogen (secondary N) is 2. The molecular formula is C12H19ClN2O2. The Balaban J connectivity index is 2.25. The van der Waals surface area contributed by atoms with Crippen LogP contribution in [0.1, 0.15) is 5.56 Å². The van der Waals surface area contributed by atoms with Crippen LogP contribution >= 0.6 is 11.6 Å². The number of aliphatic hydroxyl groups is 1. The summed E-state index contributed by atoms with van der Waals surface area (Å²) in [7, 11) is 1.60. The molecule has 1 aromatic rings. The van der Waals surface area contributed by atoms with Crippen LogP contribution in [0.3, 0.4) is 0 Å². The van der Waals surface area contributed by atoms with Crippen molar-refractivity contribution in [3.05, 3.63) is 28.8 Å². The molecule has 96 valence electrons. The zero-order valence-corrected chi connectivity index (χ0v) is 10.8. The average molecular weight is 259 g/mol. The average Bonchev–Trinajstić information content (AvgIpc) is 2.34. The summed E-state index contributed by atoms with van der Waals surface area (Å²) in [5.74, 6) is 0.694. The van der Waals surface area contributed by atoms with Gasteiger partial charge in [0.25, 0.3) is 0 Å². The summed E-state index contributed by atoms with van der Waals surface area (Å²) >= 11 is 6.02. The quantitative estimate of drug-likeness (QED) is 0.610. The van der Waals surface area contributed by atoms with Crippen molar-refractivity contribution in [1.82, 2.24) is 10.6 Å². The Labute approximate surface area is 107 Å². The fourth-order valence-electron chi connectivity index (χ4n) is 1.43. The maximum absolute atomic E-state index is 8.57. The van der Waals surface area contributed by atoms with Gasteiger partial charge in [-0.15, -0.1) is 0 Å². The summed E-state index contributed by atoms with van der Waals surface area (Å²) < 4.78 is 5.08. The molecule has 3 N–H and O–H groups in total. The molecule has 5 heteroatoms. The van der Waals surface area contributed by atoms with Crippen LogP contribution in [0.15, 0.2) is 18.2 Å². The highest BCUT2D eigenvalue weighted by Gasteiger charge is 2.01. The van der Waals surface area contributed by atoms with Crippen molar-refractivity contribution in [3.63, 3.8) is 0 Å². The number of methoxy groups -OCH3 is 1. The zero-order valence-electron chi connectivity index (χ0n) is 10.0. The topological polar surface area (TPSA) is 53.5 Å². The summed E-state index contributed by atoms with van der Waals surface area (Å²) in [6.45, 7) is 3.27. The number of halogens is 1. The second-order valence-corrected chi connectivity index (χ2v) is 4.03. The van der Waals surface area contributed by atoms with Gasteiger partial charge < -0.3 is 20.5 Å². The van der Waals surface area contributed by atoms with Crippen LogP contribution < -0.4 is 15.4 Å². The molecule has 0 spiro atoms. The van der Waals surface area contributed by atoms with E-state index in [9.17, 15) is 0 Å². The first-order valence-electron chi connectivity index (χ1n) is 5.62. The Bertz CT molecular complexity index is 334. The highest BCUT2D eigenvalue weighted by Crippen LogP contribution is 2.24. The van der Waals surface area contributed by atoms with E-state index in [0.29, 0.717) is 17.3 Å². The van der Waals surface area contributed by atoms with Crippen LogP contribution in [-0.2, 0) is 6.54 Å². The first-order valence-corrected chi connectivity index (χ1v) is 6.00. The lowest BCUT2D eigenvalue weighted by atomic mass is 10.2. The molecule has 1 aromatic carbocycles. The molecule has 0 aliphatic heterocycles. The molecule has 0 bridgehead atoms. The van der Waals surface area contributed by atoms with Crippen LogP contribution in [0, 0.1) is 0 Å². The van der Waals surface area contributed by atoms with Crippen LogP contribution in [0.4, 0.5) is 0 Å². The van der Waals surface area contributed by atoms with Gasteiger partial charge in [0.05, 0.1) is 18.7 Å². The largest absolute Gasteiger partial charge is 0.495 e. The molecule has 4 nitrogen and oxygen atoms in total. The third-order valence-electron chi connectivity index (χ3n) is 2.31. The maximum Gasteiger partial charge on any atom is 0.137 e. The van der Waals surface area contributed by atoms with E-state index < -0.39 is 0 Å². The van der Waals surface area contributed by atoms with Gasteiger partial charge in [0.2, 0.25) is 0 Å². The first kappa shape index (κ1) is 14.3. The molecule has 0 aromatic heterocycles. The van der Waals surface area contributed by atoms with Crippen molar-refractivity contribution in [2.45, 2.75) is 6.54 Å². The highest BCUT2D eigenvalue weighted by molar-refractivity contribution is 6.32. The minimum absolute atomic E-state index is 0.175. The summed E-state index contributed by atoms with van der Waals surface area (Å²) in [4.78, 5) is 0.